The standard InChI is InChI=1S/2C8H8.C6H5.Ta/c2*1-2-4-6-8-7-5-3-1;1-2-4-6-5-3-1;/h2*1-8H;1-5H;/q;;-1;/b2*2-1-,3-1?,4-2?,5-3-,6-4?,7-5?,8-6?,8-7?;;. The Bertz CT molecular complexity index is 415. The molecule has 0 spiro atoms. The van der Waals surface area contributed by atoms with Crippen molar-refractivity contribution in [2.45, 2.75) is 0 Å². The molecule has 0 bridgehead atoms. The van der Waals surface area contributed by atoms with Crippen LogP contribution in [0.15, 0.2) is 128 Å². The molecule has 0 fully saturated rings. The second-order valence-corrected chi connectivity index (χ2v) is 4.16. The van der Waals surface area contributed by atoms with Crippen molar-refractivity contribution in [3.8, 4) is 0 Å². The van der Waals surface area contributed by atoms with Crippen LogP contribution in [0.2, 0.25) is 0 Å². The van der Waals surface area contributed by atoms with E-state index in [1.54, 1.807) is 0 Å². The first-order chi connectivity index (χ1) is 11.0. The van der Waals surface area contributed by atoms with E-state index in [2.05, 4.69) is 6.07 Å². The first-order valence-electron chi connectivity index (χ1n) is 7.24. The minimum Gasteiger partial charge on any atom is -0.184 e. The molecule has 0 nitrogen and oxygen atoms in total. The van der Waals surface area contributed by atoms with Gasteiger partial charge < -0.3 is 0 Å². The van der Waals surface area contributed by atoms with E-state index in [-0.39, 0.29) is 22.4 Å². The molecule has 3 rings (SSSR count). The average molecular weight is 466 g/mol. The van der Waals surface area contributed by atoms with E-state index >= 15 is 0 Å². The summed E-state index contributed by atoms with van der Waals surface area (Å²) in [5.74, 6) is 0. The van der Waals surface area contributed by atoms with Crippen LogP contribution in [0.1, 0.15) is 0 Å². The van der Waals surface area contributed by atoms with Gasteiger partial charge in [-0.05, 0) is 0 Å². The number of allylic oxidation sites excluding steroid dienone is 16. The Morgan fingerprint density at radius 1 is 0.304 bits per heavy atom. The Morgan fingerprint density at radius 2 is 0.522 bits per heavy atom. The maximum Gasteiger partial charge on any atom is 0 e. The van der Waals surface area contributed by atoms with Gasteiger partial charge >= 0.3 is 0 Å². The van der Waals surface area contributed by atoms with Crippen LogP contribution in [-0.4, -0.2) is 0 Å². The van der Waals surface area contributed by atoms with E-state index < -0.39 is 0 Å². The molecule has 1 heteroatoms. The van der Waals surface area contributed by atoms with Gasteiger partial charge in [-0.15, -0.1) is 0 Å². The van der Waals surface area contributed by atoms with Gasteiger partial charge in [0.15, 0.2) is 0 Å². The van der Waals surface area contributed by atoms with Crippen LogP contribution in [0, 0.1) is 6.07 Å². The van der Waals surface area contributed by atoms with Crippen molar-refractivity contribution < 1.29 is 22.4 Å². The summed E-state index contributed by atoms with van der Waals surface area (Å²) in [4.78, 5) is 0. The van der Waals surface area contributed by atoms with Crippen LogP contribution in [0.5, 0.6) is 0 Å². The maximum absolute atomic E-state index is 2.89. The molecule has 0 atom stereocenters. The molecular weight excluding hydrogens is 445 g/mol. The summed E-state index contributed by atoms with van der Waals surface area (Å²) in [6, 6.07) is 12.5. The summed E-state index contributed by atoms with van der Waals surface area (Å²) < 4.78 is 0. The maximum atomic E-state index is 2.89. The van der Waals surface area contributed by atoms with Crippen LogP contribution >= 0.6 is 0 Å². The van der Waals surface area contributed by atoms with Crippen molar-refractivity contribution >= 4 is 0 Å². The molecule has 0 unspecified atom stereocenters. The van der Waals surface area contributed by atoms with Crippen LogP contribution < -0.4 is 0 Å². The summed E-state index contributed by atoms with van der Waals surface area (Å²) in [5, 5.41) is 0. The molecule has 23 heavy (non-hydrogen) atoms. The second-order valence-electron chi connectivity index (χ2n) is 4.16. The van der Waals surface area contributed by atoms with Crippen molar-refractivity contribution in [3.63, 3.8) is 0 Å². The van der Waals surface area contributed by atoms with Crippen molar-refractivity contribution in [2.24, 2.45) is 0 Å². The van der Waals surface area contributed by atoms with Crippen molar-refractivity contribution in [1.82, 2.24) is 0 Å². The van der Waals surface area contributed by atoms with Gasteiger partial charge in [-0.1, -0.05) is 97.2 Å². The third kappa shape index (κ3) is 16.1. The van der Waals surface area contributed by atoms with E-state index in [0.29, 0.717) is 0 Å². The van der Waals surface area contributed by atoms with Gasteiger partial charge in [-0.2, -0.15) is 36.4 Å². The third-order valence-corrected chi connectivity index (χ3v) is 2.38. The molecular formula is C22H21Ta-. The minimum atomic E-state index is 0. The number of hydrogen-bond donors (Lipinski definition) is 0. The van der Waals surface area contributed by atoms with Crippen molar-refractivity contribution in [3.05, 3.63) is 134 Å². The monoisotopic (exact) mass is 466 g/mol. The molecule has 1 aromatic carbocycles. The fourth-order valence-electron chi connectivity index (χ4n) is 1.37. The first kappa shape index (κ1) is 20.9. The van der Waals surface area contributed by atoms with E-state index in [9.17, 15) is 0 Å². The van der Waals surface area contributed by atoms with Gasteiger partial charge in [0.05, 0.1) is 0 Å². The Kier molecular flexibility index (Phi) is 16.3. The molecule has 115 valence electrons. The van der Waals surface area contributed by atoms with Crippen LogP contribution in [0.3, 0.4) is 0 Å². The average Bonchev–Trinajstić information content (AvgIpc) is 2.49. The smallest absolute Gasteiger partial charge is 0 e. The molecule has 0 N–H and O–H groups in total. The van der Waals surface area contributed by atoms with Crippen LogP contribution in [0.4, 0.5) is 0 Å². The predicted molar refractivity (Wildman–Crippen MR) is 98.4 cm³/mol. The van der Waals surface area contributed by atoms with Crippen molar-refractivity contribution in [1.29, 1.82) is 0 Å². The zero-order valence-electron chi connectivity index (χ0n) is 13.1. The largest absolute Gasteiger partial charge is 0.184 e. The Morgan fingerprint density at radius 3 is 0.609 bits per heavy atom. The van der Waals surface area contributed by atoms with Gasteiger partial charge in [0.25, 0.3) is 0 Å². The van der Waals surface area contributed by atoms with Gasteiger partial charge in [0.1, 0.15) is 0 Å². The van der Waals surface area contributed by atoms with E-state index in [4.69, 9.17) is 0 Å². The molecule has 0 aliphatic heterocycles. The SMILES string of the molecule is C1=C/C=C\C=C/C=C1.C1=C/C=C\C=C/C=C1.[Ta].[c-]1ccccc1. The molecule has 0 aromatic heterocycles. The molecule has 0 saturated heterocycles. The van der Waals surface area contributed by atoms with Crippen LogP contribution in [-0.2, 0) is 22.4 Å². The summed E-state index contributed by atoms with van der Waals surface area (Å²) in [5.41, 5.74) is 0. The summed E-state index contributed by atoms with van der Waals surface area (Å²) in [7, 11) is 0. The Labute approximate surface area is 155 Å². The Balaban J connectivity index is 0.000000312. The Hall–Kier alpha value is -2.12. The van der Waals surface area contributed by atoms with E-state index in [1.165, 1.54) is 0 Å². The third-order valence-electron chi connectivity index (χ3n) is 2.38. The molecule has 2 aliphatic carbocycles. The predicted octanol–water partition coefficient (Wildman–Crippen LogP) is 5.93. The molecule has 1 aromatic rings. The molecule has 0 heterocycles. The van der Waals surface area contributed by atoms with Gasteiger partial charge in [0, 0.05) is 22.4 Å². The zero-order chi connectivity index (χ0) is 15.6. The second kappa shape index (κ2) is 17.9. The number of rotatable bonds is 0. The molecule has 1 radical (unpaired) electrons. The fraction of sp³-hybridized carbons (Fsp3) is 0. The topological polar surface area (TPSA) is 0 Å². The van der Waals surface area contributed by atoms with Gasteiger partial charge in [-0.25, -0.2) is 0 Å². The fourth-order valence-corrected chi connectivity index (χ4v) is 1.37. The van der Waals surface area contributed by atoms with Crippen molar-refractivity contribution in [2.75, 3.05) is 0 Å². The number of benzene rings is 1. The minimum absolute atomic E-state index is 0. The normalized spacial score (nSPS) is 18.8. The van der Waals surface area contributed by atoms with Crippen LogP contribution in [0.25, 0.3) is 0 Å². The molecule has 0 saturated carbocycles. The molecule has 2 aliphatic rings. The quantitative estimate of drug-likeness (QED) is 0.416. The first-order valence-corrected chi connectivity index (χ1v) is 7.24. The van der Waals surface area contributed by atoms with Gasteiger partial charge in [-0.3, -0.25) is 0 Å². The summed E-state index contributed by atoms with van der Waals surface area (Å²) >= 11 is 0. The van der Waals surface area contributed by atoms with E-state index in [1.807, 2.05) is 128 Å². The summed E-state index contributed by atoms with van der Waals surface area (Å²) in [6.07, 6.45) is 32.0. The molecule has 0 amide bonds. The van der Waals surface area contributed by atoms with E-state index in [0.717, 1.165) is 0 Å². The number of hydrogen-bond acceptors (Lipinski definition) is 0. The summed E-state index contributed by atoms with van der Waals surface area (Å²) in [6.45, 7) is 0. The van der Waals surface area contributed by atoms with Gasteiger partial charge in [0.2, 0.25) is 0 Å². The zero-order valence-corrected chi connectivity index (χ0v) is 16.3.